The summed E-state index contributed by atoms with van der Waals surface area (Å²) < 4.78 is 5.94. The number of aromatic nitrogens is 4. The molecule has 0 fully saturated rings. The molecule has 0 saturated carbocycles. The van der Waals surface area contributed by atoms with Crippen molar-refractivity contribution < 1.29 is 4.74 Å². The second-order valence-electron chi connectivity index (χ2n) is 4.72. The summed E-state index contributed by atoms with van der Waals surface area (Å²) in [7, 11) is 0. The van der Waals surface area contributed by atoms with E-state index in [1.165, 1.54) is 6.33 Å². The monoisotopic (exact) mass is 276 g/mol. The van der Waals surface area contributed by atoms with Crippen molar-refractivity contribution in [3.05, 3.63) is 60.7 Å². The highest BCUT2D eigenvalue weighted by molar-refractivity contribution is 5.88. The Balaban J connectivity index is 1.67. The van der Waals surface area contributed by atoms with Crippen molar-refractivity contribution in [2.45, 2.75) is 6.61 Å². The summed E-state index contributed by atoms with van der Waals surface area (Å²) in [5.41, 5.74) is 2.39. The van der Waals surface area contributed by atoms with Gasteiger partial charge in [-0.05, 0) is 11.5 Å². The molecule has 2 aromatic carbocycles. The first kappa shape index (κ1) is 11.8. The number of nitrogens with zero attached hydrogens (tertiary/aromatic N) is 3. The van der Waals surface area contributed by atoms with E-state index < -0.39 is 0 Å². The lowest BCUT2D eigenvalue weighted by Crippen LogP contribution is -1.97. The van der Waals surface area contributed by atoms with Crippen LogP contribution < -0.4 is 4.74 Å². The van der Waals surface area contributed by atoms with Crippen LogP contribution in [-0.2, 0) is 6.61 Å². The van der Waals surface area contributed by atoms with E-state index in [0.717, 1.165) is 33.2 Å². The molecule has 2 aromatic heterocycles. The molecule has 0 spiro atoms. The largest absolute Gasteiger partial charge is 0.487 e. The summed E-state index contributed by atoms with van der Waals surface area (Å²) in [5.74, 6) is 0.852. The molecule has 0 aliphatic carbocycles. The van der Waals surface area contributed by atoms with E-state index in [1.807, 2.05) is 24.3 Å². The predicted octanol–water partition coefficient (Wildman–Crippen LogP) is 3.09. The Morgan fingerprint density at radius 2 is 1.95 bits per heavy atom. The predicted molar refractivity (Wildman–Crippen MR) is 80.0 cm³/mol. The summed E-state index contributed by atoms with van der Waals surface area (Å²) in [6.45, 7) is 0.390. The second-order valence-corrected chi connectivity index (χ2v) is 4.72. The Morgan fingerprint density at radius 1 is 1.05 bits per heavy atom. The highest BCUT2D eigenvalue weighted by Gasteiger charge is 2.08. The van der Waals surface area contributed by atoms with Gasteiger partial charge in [0.2, 0.25) is 0 Å². The maximum Gasteiger partial charge on any atom is 0.132 e. The highest BCUT2D eigenvalue weighted by atomic mass is 16.5. The number of hydrogen-bond donors (Lipinski definition) is 1. The van der Waals surface area contributed by atoms with Crippen molar-refractivity contribution in [3.63, 3.8) is 0 Å². The zero-order valence-corrected chi connectivity index (χ0v) is 11.2. The van der Waals surface area contributed by atoms with E-state index in [1.54, 1.807) is 6.20 Å². The lowest BCUT2D eigenvalue weighted by atomic mass is 10.1. The van der Waals surface area contributed by atoms with Crippen LogP contribution in [0.2, 0.25) is 0 Å². The number of hydrogen-bond acceptors (Lipinski definition) is 4. The zero-order valence-electron chi connectivity index (χ0n) is 11.2. The van der Waals surface area contributed by atoms with Crippen LogP contribution in [0.15, 0.2) is 55.0 Å². The molecular weight excluding hydrogens is 264 g/mol. The van der Waals surface area contributed by atoms with Gasteiger partial charge in [0.1, 0.15) is 29.7 Å². The van der Waals surface area contributed by atoms with Crippen LogP contribution in [0.1, 0.15) is 5.69 Å². The minimum Gasteiger partial charge on any atom is -0.487 e. The van der Waals surface area contributed by atoms with Gasteiger partial charge in [-0.1, -0.05) is 36.4 Å². The molecule has 0 bridgehead atoms. The molecule has 2 heterocycles. The van der Waals surface area contributed by atoms with Crippen LogP contribution >= 0.6 is 0 Å². The van der Waals surface area contributed by atoms with Crippen molar-refractivity contribution >= 4 is 21.8 Å². The van der Waals surface area contributed by atoms with E-state index >= 15 is 0 Å². The maximum absolute atomic E-state index is 5.94. The molecule has 4 aromatic rings. The fourth-order valence-corrected chi connectivity index (χ4v) is 2.39. The molecular formula is C16H12N4O. The van der Waals surface area contributed by atoms with Crippen LogP contribution in [0, 0.1) is 0 Å². The van der Waals surface area contributed by atoms with Gasteiger partial charge in [0.15, 0.2) is 0 Å². The smallest absolute Gasteiger partial charge is 0.132 e. The lowest BCUT2D eigenvalue weighted by Gasteiger charge is -2.08. The first-order valence-electron chi connectivity index (χ1n) is 6.65. The molecule has 0 unspecified atom stereocenters. The molecule has 5 nitrogen and oxygen atoms in total. The van der Waals surface area contributed by atoms with Gasteiger partial charge in [0, 0.05) is 5.39 Å². The molecule has 5 heteroatoms. The number of ether oxygens (including phenoxy) is 1. The molecule has 0 radical (unpaired) electrons. The number of aromatic amines is 1. The topological polar surface area (TPSA) is 63.7 Å². The summed E-state index contributed by atoms with van der Waals surface area (Å²) >= 11 is 0. The molecule has 0 aliphatic rings. The van der Waals surface area contributed by atoms with Crippen molar-refractivity contribution in [3.8, 4) is 5.75 Å². The first-order valence-corrected chi connectivity index (χ1v) is 6.65. The molecule has 21 heavy (non-hydrogen) atoms. The molecule has 0 atom stereocenters. The Hall–Kier alpha value is -2.95. The average molecular weight is 276 g/mol. The van der Waals surface area contributed by atoms with E-state index in [2.05, 4.69) is 38.4 Å². The summed E-state index contributed by atoms with van der Waals surface area (Å²) in [6.07, 6.45) is 3.19. The SMILES string of the molecule is c1ccc2c(OCc3[nH]nc4cncnc34)cccc2c1. The molecule has 0 saturated heterocycles. The third-order valence-electron chi connectivity index (χ3n) is 3.41. The second kappa shape index (κ2) is 4.86. The van der Waals surface area contributed by atoms with Gasteiger partial charge in [0.25, 0.3) is 0 Å². The Labute approximate surface area is 120 Å². The van der Waals surface area contributed by atoms with E-state index in [9.17, 15) is 0 Å². The van der Waals surface area contributed by atoms with Gasteiger partial charge in [0.05, 0.1) is 11.9 Å². The van der Waals surface area contributed by atoms with Crippen molar-refractivity contribution in [1.82, 2.24) is 20.2 Å². The van der Waals surface area contributed by atoms with Gasteiger partial charge < -0.3 is 4.74 Å². The standard InChI is InChI=1S/C16H12N4O/c1-2-6-12-11(4-1)5-3-7-15(12)21-9-14-16-13(19-20-14)8-17-10-18-16/h1-8,10H,9H2,(H,19,20). The fourth-order valence-electron chi connectivity index (χ4n) is 2.39. The maximum atomic E-state index is 5.94. The summed E-state index contributed by atoms with van der Waals surface area (Å²) in [6, 6.07) is 14.2. The van der Waals surface area contributed by atoms with E-state index in [-0.39, 0.29) is 0 Å². The lowest BCUT2D eigenvalue weighted by molar-refractivity contribution is 0.306. The van der Waals surface area contributed by atoms with Crippen LogP contribution in [0.25, 0.3) is 21.8 Å². The Bertz CT molecular complexity index is 911. The molecule has 4 rings (SSSR count). The van der Waals surface area contributed by atoms with Gasteiger partial charge in [-0.15, -0.1) is 0 Å². The molecule has 0 amide bonds. The molecule has 102 valence electrons. The third-order valence-corrected chi connectivity index (χ3v) is 3.41. The Kier molecular flexibility index (Phi) is 2.74. The Morgan fingerprint density at radius 3 is 2.95 bits per heavy atom. The van der Waals surface area contributed by atoms with E-state index in [4.69, 9.17) is 4.74 Å². The quantitative estimate of drug-likeness (QED) is 0.624. The van der Waals surface area contributed by atoms with E-state index in [0.29, 0.717) is 6.61 Å². The van der Waals surface area contributed by atoms with Gasteiger partial charge in [-0.2, -0.15) is 5.10 Å². The number of H-pyrrole nitrogens is 1. The van der Waals surface area contributed by atoms with Crippen molar-refractivity contribution in [1.29, 1.82) is 0 Å². The number of benzene rings is 2. The molecule has 1 N–H and O–H groups in total. The van der Waals surface area contributed by atoms with Crippen LogP contribution in [-0.4, -0.2) is 20.2 Å². The normalized spacial score (nSPS) is 11.0. The van der Waals surface area contributed by atoms with Gasteiger partial charge in [-0.3, -0.25) is 5.10 Å². The fraction of sp³-hybridized carbons (Fsp3) is 0.0625. The van der Waals surface area contributed by atoms with Gasteiger partial charge in [-0.25, -0.2) is 9.97 Å². The summed E-state index contributed by atoms with van der Waals surface area (Å²) in [5, 5.41) is 9.37. The average Bonchev–Trinajstić information content (AvgIpc) is 2.96. The zero-order chi connectivity index (χ0) is 14.1. The van der Waals surface area contributed by atoms with Crippen LogP contribution in [0.4, 0.5) is 0 Å². The number of rotatable bonds is 3. The highest BCUT2D eigenvalue weighted by Crippen LogP contribution is 2.26. The first-order chi connectivity index (χ1) is 10.4. The van der Waals surface area contributed by atoms with Crippen molar-refractivity contribution in [2.24, 2.45) is 0 Å². The van der Waals surface area contributed by atoms with Crippen LogP contribution in [0.5, 0.6) is 5.75 Å². The molecule has 0 aliphatic heterocycles. The summed E-state index contributed by atoms with van der Waals surface area (Å²) in [4.78, 5) is 8.18. The van der Waals surface area contributed by atoms with Gasteiger partial charge >= 0.3 is 0 Å². The third kappa shape index (κ3) is 2.08. The number of nitrogens with one attached hydrogen (secondary N) is 1. The minimum absolute atomic E-state index is 0.390. The van der Waals surface area contributed by atoms with Crippen LogP contribution in [0.3, 0.4) is 0 Å². The minimum atomic E-state index is 0.390. The van der Waals surface area contributed by atoms with Crippen molar-refractivity contribution in [2.75, 3.05) is 0 Å². The number of fused-ring (bicyclic) bond motifs is 2.